The predicted octanol–water partition coefficient (Wildman–Crippen LogP) is 6.40. The van der Waals surface area contributed by atoms with Crippen LogP contribution in [0.15, 0.2) is 52.0 Å². The van der Waals surface area contributed by atoms with Crippen molar-refractivity contribution in [2.45, 2.75) is 30.4 Å². The van der Waals surface area contributed by atoms with E-state index in [-0.39, 0.29) is 20.7 Å². The normalized spacial score (nSPS) is 18.0. The second kappa shape index (κ2) is 7.69. The molecule has 12 heteroatoms. The van der Waals surface area contributed by atoms with E-state index in [0.29, 0.717) is 0 Å². The maximum atomic E-state index is 14.0. The van der Waals surface area contributed by atoms with Gasteiger partial charge in [0.05, 0.1) is 26.9 Å². The molecule has 2 aromatic carbocycles. The molecule has 3 nitrogen and oxygen atoms in total. The number of alkyl halides is 6. The monoisotopic (exact) mass is 518 g/mol. The van der Waals surface area contributed by atoms with Gasteiger partial charge in [-0.25, -0.2) is 4.39 Å². The number of rotatable bonds is 3. The molecule has 0 saturated carbocycles. The summed E-state index contributed by atoms with van der Waals surface area (Å²) in [5.41, 5.74) is -6.71. The van der Waals surface area contributed by atoms with Crippen molar-refractivity contribution >= 4 is 38.9 Å². The zero-order valence-electron chi connectivity index (χ0n) is 14.6. The van der Waals surface area contributed by atoms with Crippen LogP contribution in [0.5, 0.6) is 0 Å². The summed E-state index contributed by atoms with van der Waals surface area (Å²) in [4.78, 5) is 0. The van der Waals surface area contributed by atoms with E-state index in [4.69, 9.17) is 11.6 Å². The second-order valence-corrected chi connectivity index (χ2v) is 7.70. The molecular formula is C18H11BrClF7N2O. The molecule has 1 N–H and O–H groups in total. The number of aliphatic hydroxyl groups is 1. The molecule has 0 fully saturated rings. The van der Waals surface area contributed by atoms with Crippen molar-refractivity contribution in [1.29, 1.82) is 0 Å². The van der Waals surface area contributed by atoms with E-state index in [1.807, 2.05) is 0 Å². The summed E-state index contributed by atoms with van der Waals surface area (Å²) >= 11 is 8.99. The van der Waals surface area contributed by atoms with Gasteiger partial charge in [-0.1, -0.05) is 29.8 Å². The van der Waals surface area contributed by atoms with Crippen LogP contribution in [-0.2, 0) is 0 Å². The maximum Gasteiger partial charge on any atom is 0.431 e. The number of anilines is 1. The molecule has 0 spiro atoms. The number of para-hydroxylation sites is 1. The molecule has 0 radical (unpaired) electrons. The first kappa shape index (κ1) is 22.8. The van der Waals surface area contributed by atoms with E-state index in [1.54, 1.807) is 0 Å². The molecule has 0 amide bonds. The summed E-state index contributed by atoms with van der Waals surface area (Å²) in [6.07, 6.45) is -13.1. The molecular weight excluding hydrogens is 509 g/mol. The first-order valence-corrected chi connectivity index (χ1v) is 9.37. The summed E-state index contributed by atoms with van der Waals surface area (Å²) in [7, 11) is 0. The zero-order valence-corrected chi connectivity index (χ0v) is 16.9. The van der Waals surface area contributed by atoms with Crippen LogP contribution in [0, 0.1) is 5.82 Å². The van der Waals surface area contributed by atoms with Gasteiger partial charge in [0.1, 0.15) is 5.82 Å². The van der Waals surface area contributed by atoms with E-state index in [2.05, 4.69) is 21.0 Å². The van der Waals surface area contributed by atoms with Crippen LogP contribution in [0.4, 0.5) is 36.4 Å². The highest BCUT2D eigenvalue weighted by molar-refractivity contribution is 9.10. The molecule has 1 atom stereocenters. The van der Waals surface area contributed by atoms with Crippen LogP contribution in [0.25, 0.3) is 0 Å². The van der Waals surface area contributed by atoms with Gasteiger partial charge in [0.25, 0.3) is 5.60 Å². The topological polar surface area (TPSA) is 35.8 Å². The Bertz CT molecular complexity index is 979. The van der Waals surface area contributed by atoms with Crippen LogP contribution >= 0.6 is 27.5 Å². The van der Waals surface area contributed by atoms with Gasteiger partial charge in [-0.3, -0.25) is 5.01 Å². The van der Waals surface area contributed by atoms with Crippen LogP contribution < -0.4 is 5.01 Å². The Kier molecular flexibility index (Phi) is 5.85. The Morgan fingerprint density at radius 2 is 1.63 bits per heavy atom. The highest BCUT2D eigenvalue weighted by Gasteiger charge is 2.74. The fourth-order valence-electron chi connectivity index (χ4n) is 3.06. The van der Waals surface area contributed by atoms with Crippen molar-refractivity contribution in [3.8, 4) is 0 Å². The molecule has 0 aromatic heterocycles. The van der Waals surface area contributed by atoms with Crippen molar-refractivity contribution in [2.75, 3.05) is 5.01 Å². The SMILES string of the molecule is OC(C1=NN(c2ccccc2Cl)C(c2ccc(Br)c(F)c2)C1)(C(F)(F)F)C(F)(F)F. The standard InChI is InChI=1S/C18H11BrClF7N2O/c19-10-6-5-9(7-12(10)21)14-8-15(16(30,17(22,23)24)18(25,26)27)28-29(14)13-4-2-1-3-11(13)20/h1-7,14,30H,8H2. The van der Waals surface area contributed by atoms with Gasteiger partial charge in [-0.2, -0.15) is 31.4 Å². The lowest BCUT2D eigenvalue weighted by atomic mass is 9.90. The van der Waals surface area contributed by atoms with Gasteiger partial charge < -0.3 is 5.11 Å². The molecule has 0 bridgehead atoms. The Morgan fingerprint density at radius 1 is 1.03 bits per heavy atom. The van der Waals surface area contributed by atoms with Crippen LogP contribution in [-0.4, -0.2) is 28.8 Å². The first-order valence-electron chi connectivity index (χ1n) is 8.20. The Morgan fingerprint density at radius 3 is 2.17 bits per heavy atom. The van der Waals surface area contributed by atoms with E-state index in [0.717, 1.165) is 11.1 Å². The molecule has 1 heterocycles. The lowest BCUT2D eigenvalue weighted by molar-refractivity contribution is -0.338. The van der Waals surface area contributed by atoms with Crippen LogP contribution in [0.1, 0.15) is 18.0 Å². The van der Waals surface area contributed by atoms with Gasteiger partial charge in [-0.05, 0) is 45.8 Å². The third-order valence-corrected chi connectivity index (χ3v) is 5.54. The number of halogens is 9. The lowest BCUT2D eigenvalue weighted by Gasteiger charge is -2.32. The van der Waals surface area contributed by atoms with Crippen molar-refractivity contribution in [1.82, 2.24) is 0 Å². The summed E-state index contributed by atoms with van der Waals surface area (Å²) < 4.78 is 94.1. The smallest absolute Gasteiger partial charge is 0.369 e. The fourth-order valence-corrected chi connectivity index (χ4v) is 3.53. The minimum Gasteiger partial charge on any atom is -0.369 e. The highest BCUT2D eigenvalue weighted by atomic mass is 79.9. The molecule has 2 aromatic rings. The largest absolute Gasteiger partial charge is 0.431 e. The fraction of sp³-hybridized carbons (Fsp3) is 0.278. The molecule has 3 rings (SSSR count). The van der Waals surface area contributed by atoms with Crippen LogP contribution in [0.2, 0.25) is 5.02 Å². The molecule has 30 heavy (non-hydrogen) atoms. The summed E-state index contributed by atoms with van der Waals surface area (Å²) in [6, 6.07) is 7.90. The van der Waals surface area contributed by atoms with Crippen molar-refractivity contribution < 1.29 is 35.8 Å². The third kappa shape index (κ3) is 3.78. The van der Waals surface area contributed by atoms with E-state index in [1.165, 1.54) is 36.4 Å². The third-order valence-electron chi connectivity index (χ3n) is 4.58. The quantitative estimate of drug-likeness (QED) is 0.476. The van der Waals surface area contributed by atoms with Gasteiger partial charge in [-0.15, -0.1) is 0 Å². The number of hydrazone groups is 1. The van der Waals surface area contributed by atoms with Crippen LogP contribution in [0.3, 0.4) is 0 Å². The van der Waals surface area contributed by atoms with Crippen molar-refractivity contribution in [3.63, 3.8) is 0 Å². The average molecular weight is 520 g/mol. The second-order valence-electron chi connectivity index (χ2n) is 6.44. The van der Waals surface area contributed by atoms with E-state index >= 15 is 0 Å². The first-order chi connectivity index (χ1) is 13.8. The van der Waals surface area contributed by atoms with Gasteiger partial charge in [0, 0.05) is 6.42 Å². The number of hydrogen-bond donors (Lipinski definition) is 1. The number of hydrogen-bond acceptors (Lipinski definition) is 3. The number of nitrogens with zero attached hydrogens (tertiary/aromatic N) is 2. The summed E-state index contributed by atoms with van der Waals surface area (Å²) in [5, 5.41) is 14.1. The minimum absolute atomic E-state index is 0.00538. The minimum atomic E-state index is -6.09. The number of benzene rings is 2. The molecule has 1 aliphatic heterocycles. The molecule has 0 saturated heterocycles. The lowest BCUT2D eigenvalue weighted by Crippen LogP contribution is -2.62. The Hall–Kier alpha value is -1.85. The van der Waals surface area contributed by atoms with Gasteiger partial charge in [0.15, 0.2) is 0 Å². The Balaban J connectivity index is 2.18. The maximum absolute atomic E-state index is 14.0. The van der Waals surface area contributed by atoms with E-state index < -0.39 is 41.9 Å². The summed E-state index contributed by atoms with van der Waals surface area (Å²) in [5.74, 6) is -0.776. The molecule has 1 aliphatic rings. The predicted molar refractivity (Wildman–Crippen MR) is 99.9 cm³/mol. The Labute approximate surface area is 178 Å². The molecule has 162 valence electrons. The van der Waals surface area contributed by atoms with Crippen molar-refractivity contribution in [2.24, 2.45) is 5.10 Å². The summed E-state index contributed by atoms with van der Waals surface area (Å²) in [6.45, 7) is 0. The van der Waals surface area contributed by atoms with Gasteiger partial charge in [0.2, 0.25) is 0 Å². The van der Waals surface area contributed by atoms with Crippen molar-refractivity contribution in [3.05, 3.63) is 63.3 Å². The highest BCUT2D eigenvalue weighted by Crippen LogP contribution is 2.49. The zero-order chi connectivity index (χ0) is 22.5. The van der Waals surface area contributed by atoms with E-state index in [9.17, 15) is 35.8 Å². The molecule has 0 aliphatic carbocycles. The van der Waals surface area contributed by atoms with Gasteiger partial charge >= 0.3 is 12.4 Å². The molecule has 1 unspecified atom stereocenters. The average Bonchev–Trinajstić information content (AvgIpc) is 3.07.